The van der Waals surface area contributed by atoms with Crippen molar-refractivity contribution in [3.63, 3.8) is 0 Å². The van der Waals surface area contributed by atoms with Gasteiger partial charge in [-0.15, -0.1) is 0 Å². The second kappa shape index (κ2) is 6.23. The maximum atomic E-state index is 11.3. The van der Waals surface area contributed by atoms with Gasteiger partial charge in [0.25, 0.3) is 0 Å². The monoisotopic (exact) mass is 232 g/mol. The summed E-state index contributed by atoms with van der Waals surface area (Å²) in [7, 11) is -0.860. The Morgan fingerprint density at radius 1 is 1.53 bits per heavy atom. The molecular weight excluding hydrogens is 212 g/mol. The predicted molar refractivity (Wildman–Crippen MR) is 62.2 cm³/mol. The van der Waals surface area contributed by atoms with Crippen molar-refractivity contribution in [2.24, 2.45) is 0 Å². The first kappa shape index (κ1) is 12.6. The molecule has 1 aliphatic carbocycles. The first-order chi connectivity index (χ1) is 7.09. The molecule has 0 bridgehead atoms. The van der Waals surface area contributed by atoms with E-state index in [1.807, 2.05) is 6.92 Å². The fraction of sp³-hybridized carbons (Fsp3) is 0.900. The molecule has 2 unspecified atom stereocenters. The number of carbonyl (C=O) groups excluding carboxylic acids is 1. The summed E-state index contributed by atoms with van der Waals surface area (Å²) in [4.78, 5) is 11.3. The molecule has 2 N–H and O–H groups in total. The van der Waals surface area contributed by atoms with Crippen LogP contribution in [0.25, 0.3) is 0 Å². The highest BCUT2D eigenvalue weighted by Gasteiger charge is 2.20. The summed E-state index contributed by atoms with van der Waals surface area (Å²) in [5.41, 5.74) is 0. The summed E-state index contributed by atoms with van der Waals surface area (Å²) < 4.78 is 11.0. The molecule has 0 radical (unpaired) electrons. The van der Waals surface area contributed by atoms with Crippen molar-refractivity contribution in [3.8, 4) is 0 Å². The van der Waals surface area contributed by atoms with Crippen LogP contribution in [0, 0.1) is 0 Å². The Balaban J connectivity index is 1.99. The van der Waals surface area contributed by atoms with Crippen molar-refractivity contribution < 1.29 is 9.00 Å². The van der Waals surface area contributed by atoms with E-state index in [9.17, 15) is 9.00 Å². The molecule has 0 aromatic rings. The lowest BCUT2D eigenvalue weighted by molar-refractivity contribution is -0.120. The summed E-state index contributed by atoms with van der Waals surface area (Å²) in [6.07, 6.45) is 4.66. The molecule has 1 saturated carbocycles. The van der Waals surface area contributed by atoms with Gasteiger partial charge in [0.2, 0.25) is 5.91 Å². The standard InChI is InChI=1S/C10H20N2O2S/c1-8(15(2)14)7-12-10(13)5-6-11-9-3-4-9/h8-9,11H,3-7H2,1-2H3,(H,12,13). The van der Waals surface area contributed by atoms with E-state index >= 15 is 0 Å². The summed E-state index contributed by atoms with van der Waals surface area (Å²) in [6.45, 7) is 3.13. The third-order valence-electron chi connectivity index (χ3n) is 2.52. The second-order valence-corrected chi connectivity index (χ2v) is 5.89. The fourth-order valence-corrected chi connectivity index (χ4v) is 1.46. The Bertz CT molecular complexity index is 242. The first-order valence-corrected chi connectivity index (χ1v) is 7.04. The third-order valence-corrected chi connectivity index (χ3v) is 3.82. The largest absolute Gasteiger partial charge is 0.355 e. The average molecular weight is 232 g/mol. The number of rotatable bonds is 7. The molecule has 0 aromatic heterocycles. The lowest BCUT2D eigenvalue weighted by atomic mass is 10.3. The number of hydrogen-bond donors (Lipinski definition) is 2. The van der Waals surface area contributed by atoms with E-state index < -0.39 is 10.8 Å². The molecule has 1 amide bonds. The van der Waals surface area contributed by atoms with E-state index in [4.69, 9.17) is 0 Å². The molecule has 88 valence electrons. The van der Waals surface area contributed by atoms with Gasteiger partial charge in [-0.2, -0.15) is 0 Å². The minimum atomic E-state index is -0.860. The number of hydrogen-bond acceptors (Lipinski definition) is 3. The molecule has 0 spiro atoms. The van der Waals surface area contributed by atoms with Crippen LogP contribution in [0.1, 0.15) is 26.2 Å². The molecule has 4 nitrogen and oxygen atoms in total. The highest BCUT2D eigenvalue weighted by molar-refractivity contribution is 7.84. The summed E-state index contributed by atoms with van der Waals surface area (Å²) in [5.74, 6) is 0.0421. The van der Waals surface area contributed by atoms with E-state index in [0.29, 0.717) is 19.0 Å². The molecule has 2 atom stereocenters. The fourth-order valence-electron chi connectivity index (χ4n) is 1.14. The highest BCUT2D eigenvalue weighted by Crippen LogP contribution is 2.18. The molecule has 0 aliphatic heterocycles. The molecule has 1 rings (SSSR count). The molecule has 0 saturated heterocycles. The Morgan fingerprint density at radius 2 is 2.20 bits per heavy atom. The van der Waals surface area contributed by atoms with E-state index in [1.54, 1.807) is 6.26 Å². The Morgan fingerprint density at radius 3 is 2.73 bits per heavy atom. The van der Waals surface area contributed by atoms with Crippen molar-refractivity contribution in [2.75, 3.05) is 19.3 Å². The topological polar surface area (TPSA) is 58.2 Å². The Labute approximate surface area is 93.7 Å². The van der Waals surface area contributed by atoms with Crippen LogP contribution in [-0.4, -0.2) is 40.8 Å². The van der Waals surface area contributed by atoms with E-state index in [-0.39, 0.29) is 11.2 Å². The molecule has 15 heavy (non-hydrogen) atoms. The smallest absolute Gasteiger partial charge is 0.221 e. The molecule has 0 aromatic carbocycles. The van der Waals surface area contributed by atoms with Crippen molar-refractivity contribution in [2.45, 2.75) is 37.5 Å². The number of nitrogens with one attached hydrogen (secondary N) is 2. The minimum absolute atomic E-state index is 0.0327. The van der Waals surface area contributed by atoms with Crippen molar-refractivity contribution in [3.05, 3.63) is 0 Å². The number of carbonyl (C=O) groups is 1. The predicted octanol–water partition coefficient (Wildman–Crippen LogP) is 0.0117. The molecule has 0 heterocycles. The molecular formula is C10H20N2O2S. The highest BCUT2D eigenvalue weighted by atomic mass is 32.2. The van der Waals surface area contributed by atoms with Crippen LogP contribution in [-0.2, 0) is 15.6 Å². The van der Waals surface area contributed by atoms with Crippen LogP contribution in [0.5, 0.6) is 0 Å². The van der Waals surface area contributed by atoms with Gasteiger partial charge in [-0.3, -0.25) is 9.00 Å². The average Bonchev–Trinajstić information content (AvgIpc) is 2.97. The van der Waals surface area contributed by atoms with E-state index in [2.05, 4.69) is 10.6 Å². The molecule has 5 heteroatoms. The zero-order valence-corrected chi connectivity index (χ0v) is 10.2. The van der Waals surface area contributed by atoms with Gasteiger partial charge in [-0.1, -0.05) is 0 Å². The Hall–Kier alpha value is -0.420. The minimum Gasteiger partial charge on any atom is -0.355 e. The molecule has 1 fully saturated rings. The van der Waals surface area contributed by atoms with E-state index in [1.165, 1.54) is 12.8 Å². The molecule has 1 aliphatic rings. The first-order valence-electron chi connectivity index (χ1n) is 5.42. The maximum absolute atomic E-state index is 11.3. The van der Waals surface area contributed by atoms with Crippen LogP contribution in [0.4, 0.5) is 0 Å². The summed E-state index contributed by atoms with van der Waals surface area (Å²) in [6, 6.07) is 0.653. The zero-order valence-electron chi connectivity index (χ0n) is 9.41. The van der Waals surface area contributed by atoms with Gasteiger partial charge in [0.1, 0.15) is 0 Å². The van der Waals surface area contributed by atoms with Gasteiger partial charge in [-0.25, -0.2) is 0 Å². The Kier molecular flexibility index (Phi) is 5.25. The normalized spacial score (nSPS) is 19.6. The van der Waals surface area contributed by atoms with Crippen LogP contribution in [0.15, 0.2) is 0 Å². The SMILES string of the molecule is CC(CNC(=O)CCNC1CC1)S(C)=O. The summed E-state index contributed by atoms with van der Waals surface area (Å²) in [5, 5.41) is 6.10. The number of amides is 1. The van der Waals surface area contributed by atoms with Crippen molar-refractivity contribution in [1.29, 1.82) is 0 Å². The second-order valence-electron chi connectivity index (χ2n) is 4.09. The zero-order chi connectivity index (χ0) is 11.3. The van der Waals surface area contributed by atoms with Crippen LogP contribution in [0.2, 0.25) is 0 Å². The maximum Gasteiger partial charge on any atom is 0.221 e. The van der Waals surface area contributed by atoms with Gasteiger partial charge >= 0.3 is 0 Å². The van der Waals surface area contributed by atoms with Crippen LogP contribution < -0.4 is 10.6 Å². The van der Waals surface area contributed by atoms with Gasteiger partial charge < -0.3 is 10.6 Å². The summed E-state index contributed by atoms with van der Waals surface area (Å²) >= 11 is 0. The van der Waals surface area contributed by atoms with Gasteiger partial charge in [0.15, 0.2) is 0 Å². The van der Waals surface area contributed by atoms with E-state index in [0.717, 1.165) is 6.54 Å². The van der Waals surface area contributed by atoms with Gasteiger partial charge in [0.05, 0.1) is 0 Å². The van der Waals surface area contributed by atoms with Crippen LogP contribution in [0.3, 0.4) is 0 Å². The van der Waals surface area contributed by atoms with Gasteiger partial charge in [-0.05, 0) is 19.8 Å². The lowest BCUT2D eigenvalue weighted by Crippen LogP contribution is -2.34. The lowest BCUT2D eigenvalue weighted by Gasteiger charge is -2.09. The van der Waals surface area contributed by atoms with Crippen molar-refractivity contribution >= 4 is 16.7 Å². The third kappa shape index (κ3) is 5.89. The van der Waals surface area contributed by atoms with Gasteiger partial charge in [0, 0.05) is 47.9 Å². The van der Waals surface area contributed by atoms with Crippen molar-refractivity contribution in [1.82, 2.24) is 10.6 Å². The quantitative estimate of drug-likeness (QED) is 0.650. The van der Waals surface area contributed by atoms with Crippen LogP contribution >= 0.6 is 0 Å².